The summed E-state index contributed by atoms with van der Waals surface area (Å²) in [5, 5.41) is 0.348. The molecule has 140 valence electrons. The van der Waals surface area contributed by atoms with E-state index in [4.69, 9.17) is 20.5 Å². The number of carbonyl (C=O) groups is 1. The molecule has 0 aliphatic carbocycles. The summed E-state index contributed by atoms with van der Waals surface area (Å²) in [5.41, 5.74) is 0.932. The van der Waals surface area contributed by atoms with Gasteiger partial charge in [-0.05, 0) is 18.2 Å². The van der Waals surface area contributed by atoms with Crippen LogP contribution in [0.1, 0.15) is 15.9 Å². The lowest BCUT2D eigenvalue weighted by molar-refractivity contribution is 0.0680. The molecule has 2 rings (SSSR count). The number of methoxy groups -OCH3 is 1. The summed E-state index contributed by atoms with van der Waals surface area (Å²) in [4.78, 5) is 14.4. The topological polar surface area (TPSA) is 72.9 Å². The summed E-state index contributed by atoms with van der Waals surface area (Å²) < 4.78 is 33.0. The minimum absolute atomic E-state index is 0.152. The first-order valence-electron chi connectivity index (χ1n) is 7.82. The van der Waals surface area contributed by atoms with Crippen molar-refractivity contribution in [2.75, 3.05) is 26.5 Å². The molecular formula is C18H20ClNO5S. The van der Waals surface area contributed by atoms with Gasteiger partial charge in [-0.1, -0.05) is 41.9 Å². The fraction of sp³-hybridized carbons (Fsp3) is 0.278. The van der Waals surface area contributed by atoms with Crippen LogP contribution in [-0.2, 0) is 21.4 Å². The average Bonchev–Trinajstić information content (AvgIpc) is 2.58. The molecule has 0 spiro atoms. The second kappa shape index (κ2) is 9.02. The minimum atomic E-state index is -3.68. The van der Waals surface area contributed by atoms with Crippen molar-refractivity contribution in [3.63, 3.8) is 0 Å². The maximum absolute atomic E-state index is 12.9. The molecule has 0 aromatic heterocycles. The Bertz CT molecular complexity index is 869. The molecule has 0 atom stereocenters. The van der Waals surface area contributed by atoms with E-state index < -0.39 is 10.1 Å². The zero-order chi connectivity index (χ0) is 19.2. The number of hydrogen-bond acceptors (Lipinski definition) is 5. The molecule has 26 heavy (non-hydrogen) atoms. The molecule has 0 radical (unpaired) electrons. The van der Waals surface area contributed by atoms with Gasteiger partial charge in [0.2, 0.25) is 0 Å². The fourth-order valence-electron chi connectivity index (χ4n) is 2.34. The van der Waals surface area contributed by atoms with Gasteiger partial charge >= 0.3 is 10.1 Å². The van der Waals surface area contributed by atoms with Crippen molar-refractivity contribution in [3.8, 4) is 5.75 Å². The lowest BCUT2D eigenvalue weighted by Crippen LogP contribution is -2.33. The minimum Gasteiger partial charge on any atom is -0.383 e. The van der Waals surface area contributed by atoms with Crippen LogP contribution in [0.2, 0.25) is 5.02 Å². The number of ether oxygens (including phenoxy) is 1. The van der Waals surface area contributed by atoms with E-state index in [0.717, 1.165) is 6.26 Å². The summed E-state index contributed by atoms with van der Waals surface area (Å²) in [6.45, 7) is 0.790. The Labute approximate surface area is 158 Å². The van der Waals surface area contributed by atoms with E-state index >= 15 is 0 Å². The number of benzene rings is 2. The van der Waals surface area contributed by atoms with Gasteiger partial charge in [-0.3, -0.25) is 4.79 Å². The average molecular weight is 398 g/mol. The highest BCUT2D eigenvalue weighted by Gasteiger charge is 2.20. The first kappa shape index (κ1) is 20.2. The molecule has 0 fully saturated rings. The predicted molar refractivity (Wildman–Crippen MR) is 100.0 cm³/mol. The smallest absolute Gasteiger partial charge is 0.306 e. The van der Waals surface area contributed by atoms with Gasteiger partial charge in [-0.2, -0.15) is 8.42 Å². The summed E-state index contributed by atoms with van der Waals surface area (Å²) in [6, 6.07) is 13.4. The van der Waals surface area contributed by atoms with Crippen LogP contribution in [0.15, 0.2) is 48.5 Å². The van der Waals surface area contributed by atoms with Crippen molar-refractivity contribution in [1.82, 2.24) is 4.90 Å². The molecule has 0 aliphatic heterocycles. The molecule has 0 bridgehead atoms. The van der Waals surface area contributed by atoms with Crippen LogP contribution in [0.4, 0.5) is 0 Å². The summed E-state index contributed by atoms with van der Waals surface area (Å²) in [7, 11) is -2.14. The van der Waals surface area contributed by atoms with Crippen LogP contribution in [-0.4, -0.2) is 45.7 Å². The molecule has 0 heterocycles. The Hall–Kier alpha value is -2.09. The molecule has 2 aromatic rings. The van der Waals surface area contributed by atoms with Gasteiger partial charge in [0, 0.05) is 25.8 Å². The highest BCUT2D eigenvalue weighted by Crippen LogP contribution is 2.23. The third-order valence-corrected chi connectivity index (χ3v) is 4.34. The largest absolute Gasteiger partial charge is 0.383 e. The lowest BCUT2D eigenvalue weighted by atomic mass is 10.1. The number of rotatable bonds is 8. The Morgan fingerprint density at radius 3 is 2.42 bits per heavy atom. The van der Waals surface area contributed by atoms with E-state index in [-0.39, 0.29) is 18.2 Å². The number of carbonyl (C=O) groups excluding carboxylic acids is 1. The van der Waals surface area contributed by atoms with Crippen LogP contribution >= 0.6 is 11.6 Å². The molecule has 0 unspecified atom stereocenters. The molecule has 0 N–H and O–H groups in total. The van der Waals surface area contributed by atoms with Crippen LogP contribution in [0.5, 0.6) is 5.75 Å². The Balaban J connectivity index is 2.32. The van der Waals surface area contributed by atoms with Crippen LogP contribution in [0.3, 0.4) is 0 Å². The summed E-state index contributed by atoms with van der Waals surface area (Å²) in [5.74, 6) is -0.0915. The second-order valence-electron chi connectivity index (χ2n) is 5.59. The number of halogens is 1. The number of amides is 1. The van der Waals surface area contributed by atoms with E-state index in [1.54, 1.807) is 55.6 Å². The second-order valence-corrected chi connectivity index (χ2v) is 7.58. The molecule has 0 saturated heterocycles. The Morgan fingerprint density at radius 2 is 1.77 bits per heavy atom. The van der Waals surface area contributed by atoms with Gasteiger partial charge in [0.15, 0.2) is 0 Å². The van der Waals surface area contributed by atoms with Crippen molar-refractivity contribution >= 4 is 27.6 Å². The highest BCUT2D eigenvalue weighted by atomic mass is 35.5. The van der Waals surface area contributed by atoms with Gasteiger partial charge in [0.25, 0.3) is 5.91 Å². The number of hydrogen-bond donors (Lipinski definition) is 0. The van der Waals surface area contributed by atoms with Crippen molar-refractivity contribution in [2.45, 2.75) is 6.54 Å². The summed E-state index contributed by atoms with van der Waals surface area (Å²) >= 11 is 6.14. The van der Waals surface area contributed by atoms with E-state index in [1.807, 2.05) is 0 Å². The highest BCUT2D eigenvalue weighted by molar-refractivity contribution is 7.86. The zero-order valence-electron chi connectivity index (χ0n) is 14.5. The summed E-state index contributed by atoms with van der Waals surface area (Å²) in [6.07, 6.45) is 0.974. The van der Waals surface area contributed by atoms with E-state index in [0.29, 0.717) is 29.3 Å². The third-order valence-electron chi connectivity index (χ3n) is 3.53. The molecule has 1 amide bonds. The SMILES string of the molecule is COCCN(Cc1ccccc1OS(C)(=O)=O)C(=O)c1ccccc1Cl. The monoisotopic (exact) mass is 397 g/mol. The normalized spacial score (nSPS) is 11.2. The van der Waals surface area contributed by atoms with Crippen molar-refractivity contribution < 1.29 is 22.1 Å². The Kier molecular flexibility index (Phi) is 7.02. The molecular weight excluding hydrogens is 378 g/mol. The van der Waals surface area contributed by atoms with Gasteiger partial charge in [-0.15, -0.1) is 0 Å². The molecule has 0 aliphatic rings. The zero-order valence-corrected chi connectivity index (χ0v) is 16.1. The van der Waals surface area contributed by atoms with Crippen molar-refractivity contribution in [1.29, 1.82) is 0 Å². The van der Waals surface area contributed by atoms with Crippen LogP contribution in [0.25, 0.3) is 0 Å². The van der Waals surface area contributed by atoms with Crippen molar-refractivity contribution in [2.24, 2.45) is 0 Å². The Morgan fingerprint density at radius 1 is 1.12 bits per heavy atom. The van der Waals surface area contributed by atoms with Crippen LogP contribution < -0.4 is 4.18 Å². The van der Waals surface area contributed by atoms with Crippen molar-refractivity contribution in [3.05, 3.63) is 64.7 Å². The van der Waals surface area contributed by atoms with Crippen LogP contribution in [0, 0.1) is 0 Å². The third kappa shape index (κ3) is 5.72. The maximum Gasteiger partial charge on any atom is 0.306 e. The molecule has 0 saturated carbocycles. The lowest BCUT2D eigenvalue weighted by Gasteiger charge is -2.24. The number of para-hydroxylation sites is 1. The first-order valence-corrected chi connectivity index (χ1v) is 10.0. The van der Waals surface area contributed by atoms with E-state index in [2.05, 4.69) is 0 Å². The molecule has 6 nitrogen and oxygen atoms in total. The van der Waals surface area contributed by atoms with Gasteiger partial charge < -0.3 is 13.8 Å². The quantitative estimate of drug-likeness (QED) is 0.640. The predicted octanol–water partition coefficient (Wildman–Crippen LogP) is 2.97. The first-order chi connectivity index (χ1) is 12.3. The number of nitrogens with zero attached hydrogens (tertiary/aromatic N) is 1. The molecule has 2 aromatic carbocycles. The fourth-order valence-corrected chi connectivity index (χ4v) is 3.05. The van der Waals surface area contributed by atoms with Gasteiger partial charge in [0.1, 0.15) is 5.75 Å². The van der Waals surface area contributed by atoms with Gasteiger partial charge in [0.05, 0.1) is 23.4 Å². The van der Waals surface area contributed by atoms with E-state index in [9.17, 15) is 13.2 Å². The van der Waals surface area contributed by atoms with Gasteiger partial charge in [-0.25, -0.2) is 0 Å². The maximum atomic E-state index is 12.9. The molecule has 8 heteroatoms. The van der Waals surface area contributed by atoms with E-state index in [1.165, 1.54) is 4.90 Å². The standard InChI is InChI=1S/C18H20ClNO5S/c1-24-12-11-20(18(21)15-8-4-5-9-16(15)19)13-14-7-3-6-10-17(14)25-26(2,22)23/h3-10H,11-13H2,1-2H3.